The smallest absolute Gasteiger partial charge is 0.151 e. The summed E-state index contributed by atoms with van der Waals surface area (Å²) in [5.41, 5.74) is 6.35. The number of H-pyrrole nitrogens is 1. The lowest BCUT2D eigenvalue weighted by molar-refractivity contribution is 0.243. The van der Waals surface area contributed by atoms with Gasteiger partial charge in [0.25, 0.3) is 0 Å². The minimum atomic E-state index is -0.273. The van der Waals surface area contributed by atoms with E-state index >= 15 is 0 Å². The first-order valence-corrected chi connectivity index (χ1v) is 11.5. The molecule has 1 fully saturated rings. The third-order valence-corrected chi connectivity index (χ3v) is 6.23. The minimum absolute atomic E-state index is 0.0987. The molecule has 0 atom stereocenters. The highest BCUT2D eigenvalue weighted by molar-refractivity contribution is 7.94. The Morgan fingerprint density at radius 1 is 1.12 bits per heavy atom. The first-order valence-electron chi connectivity index (χ1n) is 10.8. The van der Waals surface area contributed by atoms with Gasteiger partial charge in [-0.25, -0.2) is 10.5 Å². The summed E-state index contributed by atoms with van der Waals surface area (Å²) < 4.78 is 11.4. The van der Waals surface area contributed by atoms with Crippen LogP contribution in [0.5, 0.6) is 5.75 Å². The van der Waals surface area contributed by atoms with E-state index in [1.165, 1.54) is 12.0 Å². The van der Waals surface area contributed by atoms with E-state index in [2.05, 4.69) is 26.7 Å². The fraction of sp³-hybridized carbons (Fsp3) is 0.240. The summed E-state index contributed by atoms with van der Waals surface area (Å²) in [6, 6.07) is 20.1. The van der Waals surface area contributed by atoms with Gasteiger partial charge < -0.3 is 4.74 Å². The van der Waals surface area contributed by atoms with Gasteiger partial charge in [0, 0.05) is 22.0 Å². The zero-order chi connectivity index (χ0) is 22.8. The van der Waals surface area contributed by atoms with Gasteiger partial charge in [-0.2, -0.15) is 14.6 Å². The van der Waals surface area contributed by atoms with Crippen molar-refractivity contribution in [2.75, 3.05) is 5.48 Å². The molecule has 0 spiro atoms. The van der Waals surface area contributed by atoms with Gasteiger partial charge in [-0.05, 0) is 74.7 Å². The van der Waals surface area contributed by atoms with Crippen LogP contribution in [0, 0.1) is 11.3 Å². The standard InChI is InChI=1S/C25H23N5O2S/c1-16(2)31-19-5-8-22-21(14-19)24(29-28-22)17-9-12-27-23(13-17)30-32-33-20-6-3-18(4-7-20)25(15-26)10-11-25/h3-9,12-14,16H,10-11H2,1-2H3,(H,27,30)(H,28,29). The molecule has 2 N–H and O–H groups in total. The Hall–Kier alpha value is -3.54. The Kier molecular flexibility index (Phi) is 5.67. The van der Waals surface area contributed by atoms with Gasteiger partial charge in [-0.15, -0.1) is 0 Å². The van der Waals surface area contributed by atoms with Crippen molar-refractivity contribution >= 4 is 28.8 Å². The number of nitrogens with zero attached hydrogens (tertiary/aromatic N) is 3. The third kappa shape index (κ3) is 4.51. The largest absolute Gasteiger partial charge is 0.491 e. The van der Waals surface area contributed by atoms with E-state index in [4.69, 9.17) is 9.02 Å². The van der Waals surface area contributed by atoms with Gasteiger partial charge in [0.1, 0.15) is 11.4 Å². The maximum Gasteiger partial charge on any atom is 0.151 e. The maximum atomic E-state index is 9.33. The topological polar surface area (TPSA) is 95.8 Å². The van der Waals surface area contributed by atoms with Crippen molar-refractivity contribution in [1.82, 2.24) is 15.2 Å². The molecule has 0 bridgehead atoms. The van der Waals surface area contributed by atoms with Crippen molar-refractivity contribution in [1.29, 1.82) is 5.26 Å². The quantitative estimate of drug-likeness (QED) is 0.247. The fourth-order valence-corrected chi connectivity index (χ4v) is 4.19. The lowest BCUT2D eigenvalue weighted by atomic mass is 9.98. The Morgan fingerprint density at radius 2 is 1.94 bits per heavy atom. The second-order valence-corrected chi connectivity index (χ2v) is 9.17. The Morgan fingerprint density at radius 3 is 2.67 bits per heavy atom. The molecular formula is C25H23N5O2S. The summed E-state index contributed by atoms with van der Waals surface area (Å²) in [5.74, 6) is 1.38. The molecule has 8 heteroatoms. The molecule has 1 aliphatic carbocycles. The summed E-state index contributed by atoms with van der Waals surface area (Å²) in [6.07, 6.45) is 3.69. The van der Waals surface area contributed by atoms with Gasteiger partial charge in [0.2, 0.25) is 0 Å². The second kappa shape index (κ2) is 8.77. The Bertz CT molecular complexity index is 1320. The molecule has 7 nitrogen and oxygen atoms in total. The van der Waals surface area contributed by atoms with E-state index in [0.29, 0.717) is 5.82 Å². The number of nitriles is 1. The number of aromatic amines is 1. The molecule has 0 radical (unpaired) electrons. The van der Waals surface area contributed by atoms with E-state index in [1.54, 1.807) is 6.20 Å². The van der Waals surface area contributed by atoms with Crippen LogP contribution in [-0.4, -0.2) is 21.3 Å². The van der Waals surface area contributed by atoms with Gasteiger partial charge in [0.15, 0.2) is 5.82 Å². The molecule has 2 aromatic heterocycles. The zero-order valence-electron chi connectivity index (χ0n) is 18.3. The summed E-state index contributed by atoms with van der Waals surface area (Å²) in [5, 5.41) is 17.9. The van der Waals surface area contributed by atoms with Crippen LogP contribution in [0.1, 0.15) is 32.3 Å². The number of ether oxygens (including phenoxy) is 1. The lowest BCUT2D eigenvalue weighted by Crippen LogP contribution is -2.05. The predicted octanol–water partition coefficient (Wildman–Crippen LogP) is 6.02. The van der Waals surface area contributed by atoms with Crippen molar-refractivity contribution in [3.63, 3.8) is 0 Å². The molecule has 2 heterocycles. The maximum absolute atomic E-state index is 9.33. The summed E-state index contributed by atoms with van der Waals surface area (Å²) >= 11 is 1.20. The fourth-order valence-electron chi connectivity index (χ4n) is 3.72. The van der Waals surface area contributed by atoms with Crippen molar-refractivity contribution in [3.05, 3.63) is 66.4 Å². The summed E-state index contributed by atoms with van der Waals surface area (Å²) in [6.45, 7) is 4.01. The molecule has 4 aromatic rings. The highest BCUT2D eigenvalue weighted by Gasteiger charge is 2.44. The van der Waals surface area contributed by atoms with Crippen LogP contribution < -0.4 is 10.2 Å². The Labute approximate surface area is 196 Å². The first-order chi connectivity index (χ1) is 16.1. The highest BCUT2D eigenvalue weighted by Crippen LogP contribution is 2.47. The van der Waals surface area contributed by atoms with Crippen LogP contribution in [0.4, 0.5) is 5.82 Å². The highest BCUT2D eigenvalue weighted by atomic mass is 32.2. The van der Waals surface area contributed by atoms with Gasteiger partial charge in [-0.1, -0.05) is 12.1 Å². The van der Waals surface area contributed by atoms with Crippen LogP contribution in [0.2, 0.25) is 0 Å². The number of rotatable bonds is 8. The average molecular weight is 458 g/mol. The van der Waals surface area contributed by atoms with E-state index in [9.17, 15) is 5.26 Å². The number of pyridine rings is 1. The van der Waals surface area contributed by atoms with Crippen LogP contribution in [0.3, 0.4) is 0 Å². The number of hydrogen-bond donors (Lipinski definition) is 2. The van der Waals surface area contributed by atoms with Gasteiger partial charge >= 0.3 is 0 Å². The molecule has 1 aliphatic rings. The van der Waals surface area contributed by atoms with Crippen LogP contribution >= 0.6 is 12.0 Å². The molecule has 0 unspecified atom stereocenters. The molecule has 5 rings (SSSR count). The number of hydrogen-bond acceptors (Lipinski definition) is 7. The van der Waals surface area contributed by atoms with Gasteiger partial charge in [0.05, 0.1) is 35.1 Å². The van der Waals surface area contributed by atoms with Crippen molar-refractivity contribution in [2.45, 2.75) is 43.1 Å². The molecule has 2 aromatic carbocycles. The number of aromatic nitrogens is 3. The molecule has 33 heavy (non-hydrogen) atoms. The number of fused-ring (bicyclic) bond motifs is 1. The normalized spacial score (nSPS) is 14.2. The zero-order valence-corrected chi connectivity index (χ0v) is 19.1. The van der Waals surface area contributed by atoms with Crippen LogP contribution in [-0.2, 0) is 9.70 Å². The van der Waals surface area contributed by atoms with E-state index in [-0.39, 0.29) is 11.5 Å². The summed E-state index contributed by atoms with van der Waals surface area (Å²) in [7, 11) is 0. The molecule has 0 aliphatic heterocycles. The average Bonchev–Trinajstić information content (AvgIpc) is 3.52. The number of anilines is 1. The van der Waals surface area contributed by atoms with Crippen LogP contribution in [0.15, 0.2) is 65.7 Å². The number of benzene rings is 2. The molecule has 0 amide bonds. The van der Waals surface area contributed by atoms with E-state index in [0.717, 1.165) is 51.2 Å². The molecular weight excluding hydrogens is 434 g/mol. The van der Waals surface area contributed by atoms with Crippen LogP contribution in [0.25, 0.3) is 22.2 Å². The predicted molar refractivity (Wildman–Crippen MR) is 129 cm³/mol. The minimum Gasteiger partial charge on any atom is -0.491 e. The SMILES string of the molecule is CC(C)Oc1ccc2[nH]nc(-c3ccnc(NOSc4ccc(C5(C#N)CC5)cc4)c3)c2c1. The van der Waals surface area contributed by atoms with Gasteiger partial charge in [-0.3, -0.25) is 5.10 Å². The monoisotopic (exact) mass is 457 g/mol. The summed E-state index contributed by atoms with van der Waals surface area (Å²) in [4.78, 5) is 5.27. The first kappa shape index (κ1) is 21.3. The van der Waals surface area contributed by atoms with Crippen molar-refractivity contribution in [3.8, 4) is 23.1 Å². The molecule has 1 saturated carbocycles. The molecule has 166 valence electrons. The van der Waals surface area contributed by atoms with E-state index < -0.39 is 0 Å². The second-order valence-electron chi connectivity index (χ2n) is 8.36. The molecule has 0 saturated heterocycles. The number of nitrogens with one attached hydrogen (secondary N) is 2. The van der Waals surface area contributed by atoms with Crippen molar-refractivity contribution < 1.29 is 9.02 Å². The lowest BCUT2D eigenvalue weighted by Gasteiger charge is -2.10. The van der Waals surface area contributed by atoms with E-state index in [1.807, 2.05) is 68.4 Å². The third-order valence-electron chi connectivity index (χ3n) is 5.59. The Balaban J connectivity index is 1.27. The van der Waals surface area contributed by atoms with Crippen molar-refractivity contribution in [2.24, 2.45) is 0 Å².